The van der Waals surface area contributed by atoms with Gasteiger partial charge in [0.15, 0.2) is 0 Å². The molecule has 0 bridgehead atoms. The minimum atomic E-state index is -0.412. The number of hydrogen-bond donors (Lipinski definition) is 2. The lowest BCUT2D eigenvalue weighted by molar-refractivity contribution is -0.117. The van der Waals surface area contributed by atoms with Gasteiger partial charge in [-0.25, -0.2) is 4.39 Å². The summed E-state index contributed by atoms with van der Waals surface area (Å²) in [6.45, 7) is 3.43. The molecule has 1 fully saturated rings. The molecular formula is C14H20FN3O. The molecule has 1 aliphatic carbocycles. The van der Waals surface area contributed by atoms with Crippen molar-refractivity contribution in [3.8, 4) is 0 Å². The fourth-order valence-corrected chi connectivity index (χ4v) is 2.19. The fraction of sp³-hybridized carbons (Fsp3) is 0.500. The predicted molar refractivity (Wildman–Crippen MR) is 74.2 cm³/mol. The number of nitrogens with two attached hydrogens (primary N) is 1. The maximum absolute atomic E-state index is 13.1. The number of anilines is 2. The Bertz CT molecular complexity index is 478. The SMILES string of the molecule is CC1CC1CN(C)CC(=O)Nc1cc(F)ccc1N. The zero-order valence-electron chi connectivity index (χ0n) is 11.3. The Kier molecular flexibility index (Phi) is 4.04. The van der Waals surface area contributed by atoms with Gasteiger partial charge in [-0.05, 0) is 43.5 Å². The summed E-state index contributed by atoms with van der Waals surface area (Å²) in [4.78, 5) is 13.8. The maximum atomic E-state index is 13.1. The Morgan fingerprint density at radius 3 is 2.89 bits per heavy atom. The topological polar surface area (TPSA) is 58.4 Å². The van der Waals surface area contributed by atoms with Crippen molar-refractivity contribution in [2.45, 2.75) is 13.3 Å². The van der Waals surface area contributed by atoms with Gasteiger partial charge in [0, 0.05) is 6.54 Å². The van der Waals surface area contributed by atoms with Crippen LogP contribution in [-0.2, 0) is 4.79 Å². The summed E-state index contributed by atoms with van der Waals surface area (Å²) >= 11 is 0. The van der Waals surface area contributed by atoms with E-state index in [0.29, 0.717) is 23.8 Å². The van der Waals surface area contributed by atoms with Gasteiger partial charge in [0.05, 0.1) is 17.9 Å². The van der Waals surface area contributed by atoms with Crippen LogP contribution in [0.1, 0.15) is 13.3 Å². The maximum Gasteiger partial charge on any atom is 0.238 e. The first-order valence-corrected chi connectivity index (χ1v) is 6.49. The average molecular weight is 265 g/mol. The molecule has 19 heavy (non-hydrogen) atoms. The van der Waals surface area contributed by atoms with Crippen molar-refractivity contribution < 1.29 is 9.18 Å². The van der Waals surface area contributed by atoms with Gasteiger partial charge in [0.2, 0.25) is 5.91 Å². The van der Waals surface area contributed by atoms with Crippen LogP contribution in [0, 0.1) is 17.7 Å². The van der Waals surface area contributed by atoms with Crippen molar-refractivity contribution in [2.75, 3.05) is 31.2 Å². The van der Waals surface area contributed by atoms with Crippen LogP contribution in [0.5, 0.6) is 0 Å². The fourth-order valence-electron chi connectivity index (χ4n) is 2.19. The van der Waals surface area contributed by atoms with Crippen LogP contribution in [0.3, 0.4) is 0 Å². The van der Waals surface area contributed by atoms with E-state index in [4.69, 9.17) is 5.73 Å². The molecule has 2 unspecified atom stereocenters. The van der Waals surface area contributed by atoms with Gasteiger partial charge in [-0.15, -0.1) is 0 Å². The summed E-state index contributed by atoms with van der Waals surface area (Å²) in [6.07, 6.45) is 1.24. The van der Waals surface area contributed by atoms with E-state index in [1.807, 2.05) is 11.9 Å². The van der Waals surface area contributed by atoms with Crippen molar-refractivity contribution in [3.63, 3.8) is 0 Å². The molecule has 0 heterocycles. The van der Waals surface area contributed by atoms with Crippen molar-refractivity contribution in [3.05, 3.63) is 24.0 Å². The van der Waals surface area contributed by atoms with Crippen LogP contribution in [0.15, 0.2) is 18.2 Å². The van der Waals surface area contributed by atoms with Gasteiger partial charge in [0.25, 0.3) is 0 Å². The van der Waals surface area contributed by atoms with E-state index >= 15 is 0 Å². The highest BCUT2D eigenvalue weighted by Crippen LogP contribution is 2.37. The Hall–Kier alpha value is -1.62. The summed E-state index contributed by atoms with van der Waals surface area (Å²) in [5.41, 5.74) is 6.38. The number of hydrogen-bond acceptors (Lipinski definition) is 3. The minimum absolute atomic E-state index is 0.173. The average Bonchev–Trinajstić information content (AvgIpc) is 2.99. The molecule has 5 heteroatoms. The van der Waals surface area contributed by atoms with Crippen molar-refractivity contribution in [1.29, 1.82) is 0 Å². The minimum Gasteiger partial charge on any atom is -0.397 e. The monoisotopic (exact) mass is 265 g/mol. The second kappa shape index (κ2) is 5.57. The third-order valence-corrected chi connectivity index (χ3v) is 3.53. The van der Waals surface area contributed by atoms with E-state index in [9.17, 15) is 9.18 Å². The summed E-state index contributed by atoms with van der Waals surface area (Å²) in [5, 5.41) is 2.64. The van der Waals surface area contributed by atoms with E-state index in [0.717, 1.165) is 12.5 Å². The van der Waals surface area contributed by atoms with Gasteiger partial charge in [-0.2, -0.15) is 0 Å². The number of nitrogen functional groups attached to an aromatic ring is 1. The summed E-state index contributed by atoms with van der Waals surface area (Å²) in [5.74, 6) is 0.888. The van der Waals surface area contributed by atoms with Gasteiger partial charge < -0.3 is 11.1 Å². The van der Waals surface area contributed by atoms with Gasteiger partial charge >= 0.3 is 0 Å². The standard InChI is InChI=1S/C14H20FN3O/c1-9-5-10(9)7-18(2)8-14(19)17-13-6-11(15)3-4-12(13)16/h3-4,6,9-10H,5,7-8,16H2,1-2H3,(H,17,19). The number of amides is 1. The smallest absolute Gasteiger partial charge is 0.238 e. The molecule has 4 nitrogen and oxygen atoms in total. The van der Waals surface area contributed by atoms with E-state index < -0.39 is 5.82 Å². The molecule has 1 aliphatic rings. The molecular weight excluding hydrogens is 245 g/mol. The summed E-state index contributed by atoms with van der Waals surface area (Å²) < 4.78 is 13.1. The van der Waals surface area contributed by atoms with Crippen LogP contribution in [0.2, 0.25) is 0 Å². The van der Waals surface area contributed by atoms with Crippen LogP contribution in [0.4, 0.5) is 15.8 Å². The van der Waals surface area contributed by atoms with Gasteiger partial charge in [-0.3, -0.25) is 9.69 Å². The quantitative estimate of drug-likeness (QED) is 0.800. The number of nitrogens with one attached hydrogen (secondary N) is 1. The molecule has 1 aromatic rings. The normalized spacial score (nSPS) is 21.5. The molecule has 0 spiro atoms. The highest BCUT2D eigenvalue weighted by Gasteiger charge is 2.33. The number of halogens is 1. The summed E-state index contributed by atoms with van der Waals surface area (Å²) in [6, 6.07) is 3.95. The van der Waals surface area contributed by atoms with E-state index in [1.54, 1.807) is 0 Å². The first-order valence-electron chi connectivity index (χ1n) is 6.49. The lowest BCUT2D eigenvalue weighted by atomic mass is 10.2. The Labute approximate surface area is 112 Å². The highest BCUT2D eigenvalue weighted by molar-refractivity contribution is 5.95. The molecule has 104 valence electrons. The lowest BCUT2D eigenvalue weighted by Gasteiger charge is -2.16. The summed E-state index contributed by atoms with van der Waals surface area (Å²) in [7, 11) is 1.92. The third kappa shape index (κ3) is 3.92. The number of carbonyl (C=O) groups is 1. The second-order valence-electron chi connectivity index (χ2n) is 5.45. The van der Waals surface area contributed by atoms with E-state index in [2.05, 4.69) is 12.2 Å². The first-order chi connectivity index (χ1) is 8.95. The molecule has 0 saturated heterocycles. The van der Waals surface area contributed by atoms with Crippen molar-refractivity contribution >= 4 is 17.3 Å². The molecule has 0 aromatic heterocycles. The first kappa shape index (κ1) is 13.8. The second-order valence-corrected chi connectivity index (χ2v) is 5.45. The van der Waals surface area contributed by atoms with Crippen molar-refractivity contribution in [2.24, 2.45) is 11.8 Å². The molecule has 1 aromatic carbocycles. The van der Waals surface area contributed by atoms with Crippen LogP contribution < -0.4 is 11.1 Å². The number of rotatable bonds is 5. The number of carbonyl (C=O) groups excluding carboxylic acids is 1. The predicted octanol–water partition coefficient (Wildman–Crippen LogP) is 1.93. The third-order valence-electron chi connectivity index (χ3n) is 3.53. The molecule has 3 N–H and O–H groups in total. The molecule has 0 aliphatic heterocycles. The number of nitrogens with zero attached hydrogens (tertiary/aromatic N) is 1. The Morgan fingerprint density at radius 2 is 2.26 bits per heavy atom. The zero-order chi connectivity index (χ0) is 14.0. The van der Waals surface area contributed by atoms with E-state index in [-0.39, 0.29) is 5.91 Å². The largest absolute Gasteiger partial charge is 0.397 e. The molecule has 2 atom stereocenters. The van der Waals surface area contributed by atoms with Gasteiger partial charge in [0.1, 0.15) is 5.82 Å². The molecule has 1 amide bonds. The number of benzene rings is 1. The lowest BCUT2D eigenvalue weighted by Crippen LogP contribution is -2.32. The Morgan fingerprint density at radius 1 is 1.58 bits per heavy atom. The molecule has 2 rings (SSSR count). The number of likely N-dealkylation sites (N-methyl/N-ethyl adjacent to an activating group) is 1. The van der Waals surface area contributed by atoms with Crippen LogP contribution >= 0.6 is 0 Å². The van der Waals surface area contributed by atoms with Crippen LogP contribution in [-0.4, -0.2) is 30.9 Å². The van der Waals surface area contributed by atoms with Crippen molar-refractivity contribution in [1.82, 2.24) is 4.90 Å². The van der Waals surface area contributed by atoms with E-state index in [1.165, 1.54) is 24.6 Å². The zero-order valence-corrected chi connectivity index (χ0v) is 11.3. The van der Waals surface area contributed by atoms with Crippen LogP contribution in [0.25, 0.3) is 0 Å². The van der Waals surface area contributed by atoms with Gasteiger partial charge in [-0.1, -0.05) is 6.92 Å². The molecule has 0 radical (unpaired) electrons. The highest BCUT2D eigenvalue weighted by atomic mass is 19.1. The molecule has 1 saturated carbocycles. The Balaban J connectivity index is 1.84.